The van der Waals surface area contributed by atoms with Crippen molar-refractivity contribution >= 4 is 16.7 Å². The van der Waals surface area contributed by atoms with Crippen LogP contribution in [0.15, 0.2) is 60.7 Å². The number of amides is 1. The molecule has 1 aliphatic rings. The Morgan fingerprint density at radius 2 is 1.59 bits per heavy atom. The Kier molecular flexibility index (Phi) is 5.43. The summed E-state index contributed by atoms with van der Waals surface area (Å²) < 4.78 is 10.5. The van der Waals surface area contributed by atoms with Crippen LogP contribution < -0.4 is 9.47 Å². The van der Waals surface area contributed by atoms with E-state index in [1.165, 1.54) is 5.56 Å². The fraction of sp³-hybridized carbons (Fsp3) is 0.320. The van der Waals surface area contributed by atoms with Gasteiger partial charge >= 0.3 is 0 Å². The van der Waals surface area contributed by atoms with Crippen LogP contribution in [-0.4, -0.2) is 38.1 Å². The Morgan fingerprint density at radius 3 is 2.31 bits per heavy atom. The molecule has 1 amide bonds. The summed E-state index contributed by atoms with van der Waals surface area (Å²) in [7, 11) is 3.35. The number of hydrogen-bond acceptors (Lipinski definition) is 3. The van der Waals surface area contributed by atoms with Crippen molar-refractivity contribution in [1.29, 1.82) is 0 Å². The van der Waals surface area contributed by atoms with E-state index in [-0.39, 0.29) is 11.8 Å². The van der Waals surface area contributed by atoms with E-state index in [0.29, 0.717) is 5.92 Å². The molecule has 1 heterocycles. The molecule has 0 aliphatic carbocycles. The van der Waals surface area contributed by atoms with E-state index in [1.54, 1.807) is 14.2 Å². The Hall–Kier alpha value is -3.01. The van der Waals surface area contributed by atoms with Crippen LogP contribution in [0.3, 0.4) is 0 Å². The lowest BCUT2D eigenvalue weighted by Crippen LogP contribution is -2.32. The Morgan fingerprint density at radius 1 is 0.931 bits per heavy atom. The van der Waals surface area contributed by atoms with Gasteiger partial charge in [-0.15, -0.1) is 0 Å². The van der Waals surface area contributed by atoms with Crippen LogP contribution in [0, 0.1) is 0 Å². The van der Waals surface area contributed by atoms with Gasteiger partial charge in [0.05, 0.1) is 20.1 Å². The Labute approximate surface area is 172 Å². The van der Waals surface area contributed by atoms with E-state index in [1.807, 2.05) is 42.2 Å². The predicted molar refractivity (Wildman–Crippen MR) is 116 cm³/mol. The minimum Gasteiger partial charge on any atom is -0.497 e. The van der Waals surface area contributed by atoms with Crippen LogP contribution in [-0.2, 0) is 4.79 Å². The molecule has 0 aromatic heterocycles. The van der Waals surface area contributed by atoms with Gasteiger partial charge in [0, 0.05) is 19.0 Å². The predicted octanol–water partition coefficient (Wildman–Crippen LogP) is 4.98. The maximum absolute atomic E-state index is 13.1. The first kappa shape index (κ1) is 19.3. The lowest BCUT2D eigenvalue weighted by Gasteiger charge is -2.22. The van der Waals surface area contributed by atoms with Crippen LogP contribution in [0.5, 0.6) is 11.5 Å². The molecular weight excluding hydrogens is 362 g/mol. The SMILES string of the molecule is COc1ccc(C2CCN(C(=O)[C@@H](C)c3ccc4cc(OC)ccc4c3)C2)cc1. The van der Waals surface area contributed by atoms with Crippen molar-refractivity contribution in [2.24, 2.45) is 0 Å². The molecule has 4 nitrogen and oxygen atoms in total. The topological polar surface area (TPSA) is 38.8 Å². The summed E-state index contributed by atoms with van der Waals surface area (Å²) in [5, 5.41) is 2.24. The second-order valence-electron chi connectivity index (χ2n) is 7.74. The molecule has 1 unspecified atom stereocenters. The molecule has 0 bridgehead atoms. The van der Waals surface area contributed by atoms with Gasteiger partial charge in [-0.2, -0.15) is 0 Å². The maximum atomic E-state index is 13.1. The largest absolute Gasteiger partial charge is 0.497 e. The zero-order valence-corrected chi connectivity index (χ0v) is 17.2. The van der Waals surface area contributed by atoms with E-state index in [9.17, 15) is 4.79 Å². The molecule has 3 aromatic rings. The van der Waals surface area contributed by atoms with Crippen molar-refractivity contribution in [3.63, 3.8) is 0 Å². The Balaban J connectivity index is 1.47. The molecule has 2 atom stereocenters. The van der Waals surface area contributed by atoms with E-state index in [0.717, 1.165) is 47.3 Å². The molecule has 0 spiro atoms. The number of fused-ring (bicyclic) bond motifs is 1. The highest BCUT2D eigenvalue weighted by Crippen LogP contribution is 2.31. The third-order valence-electron chi connectivity index (χ3n) is 6.03. The normalized spacial score (nSPS) is 17.3. The molecule has 1 saturated heterocycles. The van der Waals surface area contributed by atoms with Crippen molar-refractivity contribution < 1.29 is 14.3 Å². The minimum absolute atomic E-state index is 0.156. The van der Waals surface area contributed by atoms with Crippen LogP contribution in [0.2, 0.25) is 0 Å². The second kappa shape index (κ2) is 8.16. The monoisotopic (exact) mass is 389 g/mol. The molecular formula is C25H27NO3. The van der Waals surface area contributed by atoms with Gasteiger partial charge in [-0.3, -0.25) is 4.79 Å². The molecule has 0 saturated carbocycles. The van der Waals surface area contributed by atoms with E-state index in [4.69, 9.17) is 9.47 Å². The number of carbonyl (C=O) groups is 1. The van der Waals surface area contributed by atoms with Crippen molar-refractivity contribution in [1.82, 2.24) is 4.90 Å². The summed E-state index contributed by atoms with van der Waals surface area (Å²) in [6.45, 7) is 3.60. The average molecular weight is 389 g/mol. The summed E-state index contributed by atoms with van der Waals surface area (Å²) in [6, 6.07) is 20.5. The van der Waals surface area contributed by atoms with E-state index in [2.05, 4.69) is 30.3 Å². The molecule has 150 valence electrons. The fourth-order valence-corrected chi connectivity index (χ4v) is 4.16. The standard InChI is InChI=1S/C25H27NO3/c1-17(19-4-5-21-15-24(29-3)11-8-20(21)14-19)25(27)26-13-12-22(16-26)18-6-9-23(28-2)10-7-18/h4-11,14-15,17,22H,12-13,16H2,1-3H3/t17-,22?/m0/s1. The Bertz CT molecular complexity index is 1010. The van der Waals surface area contributed by atoms with Crippen LogP contribution in [0.1, 0.15) is 36.3 Å². The summed E-state index contributed by atoms with van der Waals surface area (Å²) in [5.41, 5.74) is 2.33. The van der Waals surface area contributed by atoms with Gasteiger partial charge in [-0.05, 0) is 59.5 Å². The van der Waals surface area contributed by atoms with Gasteiger partial charge < -0.3 is 14.4 Å². The lowest BCUT2D eigenvalue weighted by molar-refractivity contribution is -0.131. The molecule has 4 rings (SSSR count). The second-order valence-corrected chi connectivity index (χ2v) is 7.74. The molecule has 3 aromatic carbocycles. The number of rotatable bonds is 5. The van der Waals surface area contributed by atoms with Gasteiger partial charge in [-0.1, -0.05) is 36.4 Å². The lowest BCUT2D eigenvalue weighted by atomic mass is 9.96. The molecule has 4 heteroatoms. The molecule has 1 fully saturated rings. The molecule has 0 N–H and O–H groups in total. The van der Waals surface area contributed by atoms with E-state index >= 15 is 0 Å². The summed E-state index contributed by atoms with van der Waals surface area (Å²) >= 11 is 0. The minimum atomic E-state index is -0.156. The fourth-order valence-electron chi connectivity index (χ4n) is 4.16. The number of ether oxygens (including phenoxy) is 2. The van der Waals surface area contributed by atoms with Crippen LogP contribution in [0.4, 0.5) is 0 Å². The van der Waals surface area contributed by atoms with Crippen molar-refractivity contribution in [2.45, 2.75) is 25.2 Å². The van der Waals surface area contributed by atoms with Crippen LogP contribution >= 0.6 is 0 Å². The number of benzene rings is 3. The number of nitrogens with zero attached hydrogens (tertiary/aromatic N) is 1. The van der Waals surface area contributed by atoms with Gasteiger partial charge in [0.15, 0.2) is 0 Å². The number of hydrogen-bond donors (Lipinski definition) is 0. The van der Waals surface area contributed by atoms with Gasteiger partial charge in [0.2, 0.25) is 5.91 Å². The molecule has 0 radical (unpaired) electrons. The van der Waals surface area contributed by atoms with Crippen molar-refractivity contribution in [3.8, 4) is 11.5 Å². The molecule has 1 aliphatic heterocycles. The highest BCUT2D eigenvalue weighted by molar-refractivity contribution is 5.88. The first-order valence-corrected chi connectivity index (χ1v) is 10.1. The van der Waals surface area contributed by atoms with Crippen molar-refractivity contribution in [2.75, 3.05) is 27.3 Å². The number of carbonyl (C=O) groups excluding carboxylic acids is 1. The van der Waals surface area contributed by atoms with Crippen LogP contribution in [0.25, 0.3) is 10.8 Å². The summed E-state index contributed by atoms with van der Waals surface area (Å²) in [4.78, 5) is 15.2. The third kappa shape index (κ3) is 3.93. The zero-order valence-electron chi connectivity index (χ0n) is 17.2. The zero-order chi connectivity index (χ0) is 20.4. The highest BCUT2D eigenvalue weighted by Gasteiger charge is 2.30. The first-order chi connectivity index (χ1) is 14.1. The maximum Gasteiger partial charge on any atom is 0.229 e. The van der Waals surface area contributed by atoms with E-state index < -0.39 is 0 Å². The summed E-state index contributed by atoms with van der Waals surface area (Å²) in [5.74, 6) is 2.14. The van der Waals surface area contributed by atoms with Gasteiger partial charge in [0.25, 0.3) is 0 Å². The van der Waals surface area contributed by atoms with Gasteiger partial charge in [0.1, 0.15) is 11.5 Å². The van der Waals surface area contributed by atoms with Crippen molar-refractivity contribution in [3.05, 3.63) is 71.8 Å². The third-order valence-corrected chi connectivity index (χ3v) is 6.03. The molecule has 29 heavy (non-hydrogen) atoms. The summed E-state index contributed by atoms with van der Waals surface area (Å²) in [6.07, 6.45) is 1.00. The smallest absolute Gasteiger partial charge is 0.229 e. The number of methoxy groups -OCH3 is 2. The van der Waals surface area contributed by atoms with Gasteiger partial charge in [-0.25, -0.2) is 0 Å². The average Bonchev–Trinajstić information content (AvgIpc) is 3.27. The highest BCUT2D eigenvalue weighted by atomic mass is 16.5. The number of likely N-dealkylation sites (tertiary alicyclic amines) is 1. The quantitative estimate of drug-likeness (QED) is 0.618. The first-order valence-electron chi connectivity index (χ1n) is 10.1.